The molecule has 0 fully saturated rings. The van der Waals surface area contributed by atoms with Gasteiger partial charge in [0.1, 0.15) is 5.69 Å². The Balaban J connectivity index is 2.47. The molecule has 0 radical (unpaired) electrons. The molecule has 0 unspecified atom stereocenters. The summed E-state index contributed by atoms with van der Waals surface area (Å²) in [7, 11) is 0. The van der Waals surface area contributed by atoms with Crippen molar-refractivity contribution in [3.63, 3.8) is 0 Å². The highest BCUT2D eigenvalue weighted by molar-refractivity contribution is 5.72. The van der Waals surface area contributed by atoms with Crippen molar-refractivity contribution < 1.29 is 4.79 Å². The molecule has 0 spiro atoms. The van der Waals surface area contributed by atoms with Crippen molar-refractivity contribution >= 4 is 6.29 Å². The molecule has 0 N–H and O–H groups in total. The predicted octanol–water partition coefficient (Wildman–Crippen LogP) is 1.08. The van der Waals surface area contributed by atoms with Crippen LogP contribution in [0.15, 0.2) is 36.8 Å². The molecule has 0 aromatic carbocycles. The minimum absolute atomic E-state index is 0.410. The Morgan fingerprint density at radius 3 is 3.00 bits per heavy atom. The molecule has 0 aliphatic carbocycles. The molecule has 13 heavy (non-hydrogen) atoms. The van der Waals surface area contributed by atoms with Gasteiger partial charge in [-0.25, -0.2) is 4.68 Å². The first kappa shape index (κ1) is 7.67. The van der Waals surface area contributed by atoms with Crippen molar-refractivity contribution in [3.05, 3.63) is 42.5 Å². The van der Waals surface area contributed by atoms with Gasteiger partial charge in [0.25, 0.3) is 0 Å². The summed E-state index contributed by atoms with van der Waals surface area (Å²) in [4.78, 5) is 14.3. The average molecular weight is 173 g/mol. The maximum absolute atomic E-state index is 10.4. The Bertz CT molecular complexity index is 409. The summed E-state index contributed by atoms with van der Waals surface area (Å²) in [6.45, 7) is 0. The molecule has 0 saturated carbocycles. The van der Waals surface area contributed by atoms with E-state index in [1.54, 1.807) is 29.2 Å². The molecule has 2 rings (SSSR count). The van der Waals surface area contributed by atoms with E-state index in [4.69, 9.17) is 0 Å². The summed E-state index contributed by atoms with van der Waals surface area (Å²) in [6.07, 6.45) is 5.79. The van der Waals surface area contributed by atoms with Crippen LogP contribution >= 0.6 is 0 Å². The molecular weight excluding hydrogens is 166 g/mol. The van der Waals surface area contributed by atoms with Gasteiger partial charge in [0.2, 0.25) is 0 Å². The first-order valence-electron chi connectivity index (χ1n) is 3.81. The second-order valence-corrected chi connectivity index (χ2v) is 2.51. The van der Waals surface area contributed by atoms with E-state index in [-0.39, 0.29) is 0 Å². The van der Waals surface area contributed by atoms with Crippen LogP contribution in [-0.2, 0) is 0 Å². The molecule has 2 aromatic heterocycles. The molecule has 64 valence electrons. The number of pyridine rings is 1. The molecule has 0 aliphatic rings. The van der Waals surface area contributed by atoms with E-state index in [1.165, 1.54) is 0 Å². The molecule has 0 atom stereocenters. The lowest BCUT2D eigenvalue weighted by Crippen LogP contribution is -1.96. The number of hydrogen-bond acceptors (Lipinski definition) is 3. The van der Waals surface area contributed by atoms with Gasteiger partial charge in [0.15, 0.2) is 6.29 Å². The number of carbonyl (C=O) groups is 1. The van der Waals surface area contributed by atoms with E-state index in [1.807, 2.05) is 12.3 Å². The molecule has 4 heteroatoms. The third kappa shape index (κ3) is 1.46. The molecule has 0 aliphatic heterocycles. The van der Waals surface area contributed by atoms with Gasteiger partial charge in [0, 0.05) is 18.6 Å². The maximum atomic E-state index is 10.4. The fourth-order valence-electron chi connectivity index (χ4n) is 1.07. The summed E-state index contributed by atoms with van der Waals surface area (Å²) >= 11 is 0. The third-order valence-electron chi connectivity index (χ3n) is 1.65. The Hall–Kier alpha value is -1.97. The van der Waals surface area contributed by atoms with E-state index in [9.17, 15) is 4.79 Å². The number of aromatic nitrogens is 3. The number of carbonyl (C=O) groups excluding carboxylic acids is 1. The van der Waals surface area contributed by atoms with Crippen molar-refractivity contribution in [2.24, 2.45) is 0 Å². The first-order valence-corrected chi connectivity index (χ1v) is 3.81. The van der Waals surface area contributed by atoms with Gasteiger partial charge in [0.05, 0.1) is 5.69 Å². The van der Waals surface area contributed by atoms with Crippen molar-refractivity contribution in [3.8, 4) is 5.69 Å². The second kappa shape index (κ2) is 3.18. The molecular formula is C9H7N3O. The van der Waals surface area contributed by atoms with Crippen molar-refractivity contribution in [2.45, 2.75) is 0 Å². The monoisotopic (exact) mass is 173 g/mol. The molecule has 4 nitrogen and oxygen atoms in total. The normalized spacial score (nSPS) is 9.85. The van der Waals surface area contributed by atoms with Crippen molar-refractivity contribution in [2.75, 3.05) is 0 Å². The van der Waals surface area contributed by atoms with Crippen LogP contribution in [0.25, 0.3) is 5.69 Å². The fourth-order valence-corrected chi connectivity index (χ4v) is 1.07. The Labute approximate surface area is 74.8 Å². The predicted molar refractivity (Wildman–Crippen MR) is 46.7 cm³/mol. The Kier molecular flexibility index (Phi) is 1.88. The molecule has 0 saturated heterocycles. The first-order chi connectivity index (χ1) is 6.40. The van der Waals surface area contributed by atoms with Gasteiger partial charge < -0.3 is 0 Å². The minimum Gasteiger partial charge on any atom is -0.296 e. The lowest BCUT2D eigenvalue weighted by molar-refractivity contribution is 0.111. The van der Waals surface area contributed by atoms with Gasteiger partial charge in [-0.2, -0.15) is 5.10 Å². The zero-order valence-corrected chi connectivity index (χ0v) is 6.79. The van der Waals surface area contributed by atoms with Crippen LogP contribution in [0.3, 0.4) is 0 Å². The molecule has 0 bridgehead atoms. The average Bonchev–Trinajstić information content (AvgIpc) is 2.71. The van der Waals surface area contributed by atoms with Crippen LogP contribution < -0.4 is 0 Å². The van der Waals surface area contributed by atoms with Crippen LogP contribution in [0.5, 0.6) is 0 Å². The van der Waals surface area contributed by atoms with Gasteiger partial charge in [-0.05, 0) is 18.2 Å². The maximum Gasteiger partial charge on any atom is 0.168 e. The van der Waals surface area contributed by atoms with Gasteiger partial charge in [-0.1, -0.05) is 0 Å². The van der Waals surface area contributed by atoms with Crippen LogP contribution in [0, 0.1) is 0 Å². The number of aldehydes is 1. The second-order valence-electron chi connectivity index (χ2n) is 2.51. The highest BCUT2D eigenvalue weighted by Gasteiger charge is 1.97. The Morgan fingerprint density at radius 2 is 2.31 bits per heavy atom. The SMILES string of the molecule is O=Cc1cc(-n2cccn2)ccn1. The zero-order chi connectivity index (χ0) is 9.10. The largest absolute Gasteiger partial charge is 0.296 e. The fraction of sp³-hybridized carbons (Fsp3) is 0. The molecule has 0 amide bonds. The van der Waals surface area contributed by atoms with E-state index >= 15 is 0 Å². The summed E-state index contributed by atoms with van der Waals surface area (Å²) in [5.74, 6) is 0. The molecule has 2 aromatic rings. The number of nitrogens with zero attached hydrogens (tertiary/aromatic N) is 3. The van der Waals surface area contributed by atoms with E-state index in [0.29, 0.717) is 12.0 Å². The highest BCUT2D eigenvalue weighted by Crippen LogP contribution is 2.04. The van der Waals surface area contributed by atoms with Crippen LogP contribution in [0.4, 0.5) is 0 Å². The lowest BCUT2D eigenvalue weighted by Gasteiger charge is -1.99. The number of hydrogen-bond donors (Lipinski definition) is 0. The summed E-state index contributed by atoms with van der Waals surface area (Å²) in [6, 6.07) is 5.29. The number of rotatable bonds is 2. The Morgan fingerprint density at radius 1 is 1.38 bits per heavy atom. The van der Waals surface area contributed by atoms with Crippen LogP contribution in [0.2, 0.25) is 0 Å². The van der Waals surface area contributed by atoms with Crippen LogP contribution in [-0.4, -0.2) is 21.1 Å². The minimum atomic E-state index is 0.410. The van der Waals surface area contributed by atoms with Crippen LogP contribution in [0.1, 0.15) is 10.5 Å². The van der Waals surface area contributed by atoms with Gasteiger partial charge in [-0.15, -0.1) is 0 Å². The smallest absolute Gasteiger partial charge is 0.168 e. The molecule has 2 heterocycles. The van der Waals surface area contributed by atoms with E-state index in [2.05, 4.69) is 10.1 Å². The standard InChI is InChI=1S/C9H7N3O/c13-7-8-6-9(2-4-10-8)12-5-1-3-11-12/h1-7H. The van der Waals surface area contributed by atoms with E-state index < -0.39 is 0 Å². The topological polar surface area (TPSA) is 47.8 Å². The lowest BCUT2D eigenvalue weighted by atomic mass is 10.3. The quantitative estimate of drug-likeness (QED) is 0.638. The summed E-state index contributed by atoms with van der Waals surface area (Å²) in [5, 5.41) is 4.03. The van der Waals surface area contributed by atoms with Gasteiger partial charge >= 0.3 is 0 Å². The highest BCUT2D eigenvalue weighted by atomic mass is 16.1. The van der Waals surface area contributed by atoms with Crippen molar-refractivity contribution in [1.82, 2.24) is 14.8 Å². The summed E-state index contributed by atoms with van der Waals surface area (Å²) in [5.41, 5.74) is 1.25. The summed E-state index contributed by atoms with van der Waals surface area (Å²) < 4.78 is 1.68. The van der Waals surface area contributed by atoms with E-state index in [0.717, 1.165) is 5.69 Å². The van der Waals surface area contributed by atoms with Gasteiger partial charge in [-0.3, -0.25) is 9.78 Å². The third-order valence-corrected chi connectivity index (χ3v) is 1.65. The van der Waals surface area contributed by atoms with Crippen molar-refractivity contribution in [1.29, 1.82) is 0 Å². The zero-order valence-electron chi connectivity index (χ0n) is 6.79.